The average molecular weight is 417 g/mol. The van der Waals surface area contributed by atoms with Crippen molar-refractivity contribution in [2.24, 2.45) is 0 Å². The van der Waals surface area contributed by atoms with Crippen LogP contribution in [-0.2, 0) is 27.2 Å². The second kappa shape index (κ2) is 11.0. The molecule has 0 fully saturated rings. The maximum absolute atomic E-state index is 10.4. The van der Waals surface area contributed by atoms with E-state index in [0.717, 1.165) is 31.0 Å². The number of hydrogen-bond acceptors (Lipinski definition) is 3. The van der Waals surface area contributed by atoms with Gasteiger partial charge in [-0.25, -0.2) is 4.79 Å². The Kier molecular flexibility index (Phi) is 13.2. The summed E-state index contributed by atoms with van der Waals surface area (Å²) in [6.45, 7) is 4.17. The molecule has 0 aromatic carbocycles. The number of carboxylic acid groups (broad SMARTS) is 1. The number of rotatable bonds is 8. The molecule has 95 valence electrons. The molecule has 0 aromatic heterocycles. The average Bonchev–Trinajstić information content (AvgIpc) is 2.16. The molecule has 0 saturated carbocycles. The predicted molar refractivity (Wildman–Crippen MR) is 59.5 cm³/mol. The minimum atomic E-state index is -1.26. The van der Waals surface area contributed by atoms with Crippen LogP contribution in [-0.4, -0.2) is 26.9 Å². The summed E-state index contributed by atoms with van der Waals surface area (Å²) >= 11 is 1.16. The van der Waals surface area contributed by atoms with Crippen molar-refractivity contribution in [1.82, 2.24) is 0 Å². The summed E-state index contributed by atoms with van der Waals surface area (Å²) in [4.78, 5) is 10.4. The van der Waals surface area contributed by atoms with Crippen LogP contribution < -0.4 is 0 Å². The zero-order chi connectivity index (χ0) is 11.0. The largest absolute Gasteiger partial charge is 0.479 e. The summed E-state index contributed by atoms with van der Waals surface area (Å²) in [5.41, 5.74) is -1.26. The molecule has 0 aliphatic carbocycles. The topological polar surface area (TPSA) is 57.5 Å². The van der Waals surface area contributed by atoms with Gasteiger partial charge >= 0.3 is 5.97 Å². The molecule has 15 heavy (non-hydrogen) atoms. The van der Waals surface area contributed by atoms with Gasteiger partial charge in [0.1, 0.15) is 0 Å². The van der Waals surface area contributed by atoms with E-state index in [1.807, 2.05) is 6.92 Å². The summed E-state index contributed by atoms with van der Waals surface area (Å²) in [6.07, 6.45) is 5.38. The maximum atomic E-state index is 10.4. The monoisotopic (exact) mass is 417 g/mol. The fourth-order valence-corrected chi connectivity index (χ4v) is 2.21. The SMILES string of the molecule is CCCCCC(CC)SC(O)C(=O)O.[Au]. The summed E-state index contributed by atoms with van der Waals surface area (Å²) in [7, 11) is 0. The fourth-order valence-electron chi connectivity index (χ4n) is 1.23. The molecule has 0 rings (SSSR count). The molecular formula is C10H20AuO3S. The Balaban J connectivity index is 0. The maximum Gasteiger partial charge on any atom is 0.343 e. The van der Waals surface area contributed by atoms with Gasteiger partial charge in [0, 0.05) is 27.6 Å². The van der Waals surface area contributed by atoms with Crippen LogP contribution in [0.3, 0.4) is 0 Å². The minimum Gasteiger partial charge on any atom is -0.479 e. The van der Waals surface area contributed by atoms with Crippen molar-refractivity contribution >= 4 is 17.7 Å². The van der Waals surface area contributed by atoms with E-state index in [2.05, 4.69) is 6.92 Å². The van der Waals surface area contributed by atoms with Gasteiger partial charge in [-0.3, -0.25) is 0 Å². The quantitative estimate of drug-likeness (QED) is 0.362. The van der Waals surface area contributed by atoms with Gasteiger partial charge in [-0.15, -0.1) is 11.8 Å². The number of aliphatic hydroxyl groups is 1. The Labute approximate surface area is 112 Å². The summed E-state index contributed by atoms with van der Waals surface area (Å²) in [5.74, 6) is -1.14. The van der Waals surface area contributed by atoms with Crippen LogP contribution >= 0.6 is 11.8 Å². The number of carboxylic acids is 1. The molecule has 2 unspecified atom stereocenters. The molecule has 2 N–H and O–H groups in total. The Morgan fingerprint density at radius 3 is 2.33 bits per heavy atom. The molecule has 0 amide bonds. The first-order valence-electron chi connectivity index (χ1n) is 5.18. The molecule has 0 spiro atoms. The molecule has 0 saturated heterocycles. The molecule has 0 bridgehead atoms. The van der Waals surface area contributed by atoms with Crippen molar-refractivity contribution in [2.75, 3.05) is 0 Å². The zero-order valence-corrected chi connectivity index (χ0v) is 12.2. The van der Waals surface area contributed by atoms with Crippen LogP contribution in [0, 0.1) is 0 Å². The molecule has 3 nitrogen and oxygen atoms in total. The van der Waals surface area contributed by atoms with Crippen LogP contribution in [0.1, 0.15) is 46.0 Å². The van der Waals surface area contributed by atoms with Gasteiger partial charge in [0.2, 0.25) is 0 Å². The first-order chi connectivity index (χ1) is 6.61. The first kappa shape index (κ1) is 17.9. The van der Waals surface area contributed by atoms with Gasteiger partial charge in [-0.2, -0.15) is 0 Å². The van der Waals surface area contributed by atoms with Crippen molar-refractivity contribution in [3.63, 3.8) is 0 Å². The van der Waals surface area contributed by atoms with Crippen molar-refractivity contribution in [3.8, 4) is 0 Å². The Hall–Kier alpha value is 0.520. The number of carbonyl (C=O) groups is 1. The molecular weight excluding hydrogens is 397 g/mol. The van der Waals surface area contributed by atoms with E-state index >= 15 is 0 Å². The molecule has 5 heteroatoms. The van der Waals surface area contributed by atoms with Crippen LogP contribution in [0.4, 0.5) is 0 Å². The van der Waals surface area contributed by atoms with Crippen LogP contribution in [0.15, 0.2) is 0 Å². The second-order valence-corrected chi connectivity index (χ2v) is 4.74. The van der Waals surface area contributed by atoms with Gasteiger partial charge in [0.05, 0.1) is 0 Å². The van der Waals surface area contributed by atoms with E-state index in [1.165, 1.54) is 12.8 Å². The number of aliphatic carboxylic acids is 1. The van der Waals surface area contributed by atoms with E-state index < -0.39 is 11.4 Å². The van der Waals surface area contributed by atoms with Crippen molar-refractivity contribution in [3.05, 3.63) is 0 Å². The van der Waals surface area contributed by atoms with E-state index in [4.69, 9.17) is 10.2 Å². The van der Waals surface area contributed by atoms with E-state index in [9.17, 15) is 4.79 Å². The van der Waals surface area contributed by atoms with Gasteiger partial charge < -0.3 is 10.2 Å². The third-order valence-corrected chi connectivity index (χ3v) is 3.53. The summed E-state index contributed by atoms with van der Waals surface area (Å²) < 4.78 is 0. The van der Waals surface area contributed by atoms with Gasteiger partial charge in [-0.05, 0) is 12.8 Å². The van der Waals surface area contributed by atoms with Gasteiger partial charge in [-0.1, -0.05) is 33.1 Å². The smallest absolute Gasteiger partial charge is 0.343 e. The zero-order valence-electron chi connectivity index (χ0n) is 9.20. The predicted octanol–water partition coefficient (Wildman–Crippen LogP) is 2.48. The Morgan fingerprint density at radius 2 is 1.93 bits per heavy atom. The standard InChI is InChI=1S/C10H20O3S.Au/c1-3-5-6-7-8(4-2)14-10(13)9(11)12;/h8,10,13H,3-7H2,1-2H3,(H,11,12);. The third kappa shape index (κ3) is 9.45. The number of aliphatic hydroxyl groups excluding tert-OH is 1. The molecule has 2 atom stereocenters. The molecule has 1 radical (unpaired) electrons. The molecule has 0 aromatic rings. The van der Waals surface area contributed by atoms with Crippen molar-refractivity contribution in [1.29, 1.82) is 0 Å². The summed E-state index contributed by atoms with van der Waals surface area (Å²) in [6, 6.07) is 0. The van der Waals surface area contributed by atoms with E-state index in [-0.39, 0.29) is 27.6 Å². The van der Waals surface area contributed by atoms with Crippen molar-refractivity contribution in [2.45, 2.75) is 56.6 Å². The molecule has 0 heterocycles. The minimum absolute atomic E-state index is 0. The van der Waals surface area contributed by atoms with E-state index in [0.29, 0.717) is 0 Å². The number of thioether (sulfide) groups is 1. The van der Waals surface area contributed by atoms with Crippen molar-refractivity contribution < 1.29 is 37.4 Å². The number of hydrogen-bond donors (Lipinski definition) is 2. The van der Waals surface area contributed by atoms with Gasteiger partial charge in [0.25, 0.3) is 0 Å². The molecule has 0 aliphatic rings. The van der Waals surface area contributed by atoms with Crippen LogP contribution in [0.25, 0.3) is 0 Å². The van der Waals surface area contributed by atoms with Gasteiger partial charge in [0.15, 0.2) is 5.44 Å². The Morgan fingerprint density at radius 1 is 1.33 bits per heavy atom. The number of unbranched alkanes of at least 4 members (excludes halogenated alkanes) is 2. The van der Waals surface area contributed by atoms with E-state index in [1.54, 1.807) is 0 Å². The third-order valence-electron chi connectivity index (χ3n) is 2.12. The van der Waals surface area contributed by atoms with Crippen LogP contribution in [0.5, 0.6) is 0 Å². The first-order valence-corrected chi connectivity index (χ1v) is 6.12. The normalized spacial score (nSPS) is 14.1. The summed E-state index contributed by atoms with van der Waals surface area (Å²) in [5, 5.41) is 17.9. The fraction of sp³-hybridized carbons (Fsp3) is 0.900. The Bertz CT molecular complexity index is 167. The second-order valence-electron chi connectivity index (χ2n) is 3.35. The van der Waals surface area contributed by atoms with Crippen LogP contribution in [0.2, 0.25) is 0 Å². The molecule has 0 aliphatic heterocycles.